The molecule has 1 atom stereocenters. The first-order valence-corrected chi connectivity index (χ1v) is 10.5. The Morgan fingerprint density at radius 2 is 1.94 bits per heavy atom. The molecule has 8 heteroatoms. The lowest BCUT2D eigenvalue weighted by Crippen LogP contribution is -2.31. The van der Waals surface area contributed by atoms with Gasteiger partial charge in [-0.15, -0.1) is 11.3 Å². The van der Waals surface area contributed by atoms with E-state index in [4.69, 9.17) is 4.74 Å². The van der Waals surface area contributed by atoms with E-state index in [-0.39, 0.29) is 12.1 Å². The summed E-state index contributed by atoms with van der Waals surface area (Å²) in [5, 5.41) is 11.5. The highest BCUT2D eigenvalue weighted by Crippen LogP contribution is 2.40. The van der Waals surface area contributed by atoms with E-state index in [0.717, 1.165) is 10.6 Å². The highest BCUT2D eigenvalue weighted by atomic mass is 32.1. The number of amides is 1. The Hall–Kier alpha value is -3.52. The molecule has 0 radical (unpaired) electrons. The van der Waals surface area contributed by atoms with Gasteiger partial charge in [-0.05, 0) is 32.0 Å². The second-order valence-electron chi connectivity index (χ2n) is 7.14. The summed E-state index contributed by atoms with van der Waals surface area (Å²) >= 11 is 1.24. The topological polar surface area (TPSA) is 92.6 Å². The standard InChI is InChI=1S/C23H21N3O4S/c1-13-22(31-14(2)25-13)20(27)18-19(16-9-6-7-11-24-16)26(23(29)21(18)28)12-15-8-4-5-10-17(15)30-3/h4-11,19,28H,12H2,1-3H3. The maximum Gasteiger partial charge on any atom is 0.290 e. The van der Waals surface area contributed by atoms with Crippen molar-refractivity contribution in [2.75, 3.05) is 7.11 Å². The maximum absolute atomic E-state index is 13.5. The van der Waals surface area contributed by atoms with Crippen LogP contribution < -0.4 is 4.74 Å². The van der Waals surface area contributed by atoms with Crippen molar-refractivity contribution in [1.29, 1.82) is 0 Å². The van der Waals surface area contributed by atoms with Crippen LogP contribution in [0.3, 0.4) is 0 Å². The molecule has 3 aromatic rings. The van der Waals surface area contributed by atoms with Crippen molar-refractivity contribution in [2.24, 2.45) is 0 Å². The van der Waals surface area contributed by atoms with Gasteiger partial charge in [0.25, 0.3) is 5.91 Å². The number of thiazole rings is 1. The van der Waals surface area contributed by atoms with Crippen molar-refractivity contribution in [3.05, 3.63) is 86.8 Å². The number of aliphatic hydroxyl groups is 1. The van der Waals surface area contributed by atoms with Crippen LogP contribution in [0.5, 0.6) is 5.75 Å². The van der Waals surface area contributed by atoms with Crippen molar-refractivity contribution < 1.29 is 19.4 Å². The maximum atomic E-state index is 13.5. The molecule has 0 fully saturated rings. The zero-order valence-corrected chi connectivity index (χ0v) is 18.1. The van der Waals surface area contributed by atoms with Crippen molar-refractivity contribution in [3.63, 3.8) is 0 Å². The number of aryl methyl sites for hydroxylation is 2. The lowest BCUT2D eigenvalue weighted by molar-refractivity contribution is -0.130. The van der Waals surface area contributed by atoms with Crippen LogP contribution in [0.1, 0.15) is 37.7 Å². The van der Waals surface area contributed by atoms with Crippen LogP contribution in [-0.4, -0.2) is 38.8 Å². The first kappa shape index (κ1) is 20.7. The van der Waals surface area contributed by atoms with Gasteiger partial charge in [-0.1, -0.05) is 24.3 Å². The molecular weight excluding hydrogens is 414 g/mol. The van der Waals surface area contributed by atoms with Crippen molar-refractivity contribution >= 4 is 23.0 Å². The lowest BCUT2D eigenvalue weighted by Gasteiger charge is -2.26. The largest absolute Gasteiger partial charge is 0.503 e. The average molecular weight is 436 g/mol. The fourth-order valence-electron chi connectivity index (χ4n) is 3.78. The Labute approximate surface area is 183 Å². The lowest BCUT2D eigenvalue weighted by atomic mass is 9.98. The smallest absolute Gasteiger partial charge is 0.290 e. The van der Waals surface area contributed by atoms with Crippen molar-refractivity contribution in [2.45, 2.75) is 26.4 Å². The van der Waals surface area contributed by atoms with Crippen LogP contribution in [0.2, 0.25) is 0 Å². The third-order valence-corrected chi connectivity index (χ3v) is 6.23. The van der Waals surface area contributed by atoms with E-state index < -0.39 is 23.5 Å². The minimum Gasteiger partial charge on any atom is -0.503 e. The van der Waals surface area contributed by atoms with E-state index in [2.05, 4.69) is 9.97 Å². The van der Waals surface area contributed by atoms with E-state index in [1.165, 1.54) is 16.2 Å². The minimum absolute atomic E-state index is 0.0188. The summed E-state index contributed by atoms with van der Waals surface area (Å²) in [6, 6.07) is 11.8. The Kier molecular flexibility index (Phi) is 5.56. The first-order chi connectivity index (χ1) is 14.9. The Bertz CT molecular complexity index is 1190. The summed E-state index contributed by atoms with van der Waals surface area (Å²) in [6.07, 6.45) is 1.60. The van der Waals surface area contributed by atoms with Crippen LogP contribution in [0, 0.1) is 13.8 Å². The van der Waals surface area contributed by atoms with E-state index >= 15 is 0 Å². The number of aromatic nitrogens is 2. The molecule has 1 aromatic carbocycles. The zero-order chi connectivity index (χ0) is 22.1. The molecule has 1 aliphatic rings. The number of hydrogen-bond donors (Lipinski definition) is 1. The fraction of sp³-hybridized carbons (Fsp3) is 0.217. The number of pyridine rings is 1. The Morgan fingerprint density at radius 3 is 2.58 bits per heavy atom. The van der Waals surface area contributed by atoms with Gasteiger partial charge in [-0.2, -0.15) is 0 Å². The number of ether oxygens (including phenoxy) is 1. The zero-order valence-electron chi connectivity index (χ0n) is 17.3. The third-order valence-electron chi connectivity index (χ3n) is 5.16. The van der Waals surface area contributed by atoms with E-state index in [9.17, 15) is 14.7 Å². The third kappa shape index (κ3) is 3.70. The molecule has 3 heterocycles. The summed E-state index contributed by atoms with van der Waals surface area (Å²) < 4.78 is 5.42. The van der Waals surface area contributed by atoms with Gasteiger partial charge >= 0.3 is 0 Å². The van der Waals surface area contributed by atoms with Gasteiger partial charge in [-0.25, -0.2) is 4.98 Å². The number of nitrogens with zero attached hydrogens (tertiary/aromatic N) is 3. The molecule has 31 heavy (non-hydrogen) atoms. The Balaban J connectivity index is 1.81. The van der Waals surface area contributed by atoms with Gasteiger partial charge in [0.1, 0.15) is 11.8 Å². The number of carbonyl (C=O) groups excluding carboxylic acids is 2. The van der Waals surface area contributed by atoms with Gasteiger partial charge in [-0.3, -0.25) is 14.6 Å². The quantitative estimate of drug-likeness (QED) is 0.590. The molecule has 4 rings (SSSR count). The number of methoxy groups -OCH3 is 1. The molecule has 0 saturated carbocycles. The van der Waals surface area contributed by atoms with Crippen LogP contribution in [0.25, 0.3) is 0 Å². The number of aliphatic hydroxyl groups excluding tert-OH is 1. The SMILES string of the molecule is COc1ccccc1CN1C(=O)C(O)=C(C(=O)c2sc(C)nc2C)C1c1ccccn1. The average Bonchev–Trinajstić information content (AvgIpc) is 3.24. The molecule has 1 N–H and O–H groups in total. The minimum atomic E-state index is -0.826. The predicted octanol–water partition coefficient (Wildman–Crippen LogP) is 3.94. The highest BCUT2D eigenvalue weighted by Gasteiger charge is 2.45. The normalized spacial score (nSPS) is 16.2. The summed E-state index contributed by atoms with van der Waals surface area (Å²) in [7, 11) is 1.56. The monoisotopic (exact) mass is 435 g/mol. The van der Waals surface area contributed by atoms with Gasteiger partial charge in [0.15, 0.2) is 5.76 Å². The molecule has 158 valence electrons. The van der Waals surface area contributed by atoms with Crippen LogP contribution in [-0.2, 0) is 11.3 Å². The summed E-state index contributed by atoms with van der Waals surface area (Å²) in [4.78, 5) is 37.1. The fourth-order valence-corrected chi connectivity index (χ4v) is 4.65. The summed E-state index contributed by atoms with van der Waals surface area (Å²) in [5.74, 6) is -0.972. The molecule has 0 saturated heterocycles. The summed E-state index contributed by atoms with van der Waals surface area (Å²) in [6.45, 7) is 3.70. The number of carbonyl (C=O) groups is 2. The molecule has 0 aliphatic carbocycles. The molecule has 1 aliphatic heterocycles. The van der Waals surface area contributed by atoms with Gasteiger partial charge in [0.2, 0.25) is 5.78 Å². The van der Waals surface area contributed by atoms with E-state index in [1.54, 1.807) is 44.5 Å². The van der Waals surface area contributed by atoms with Crippen LogP contribution in [0.4, 0.5) is 0 Å². The number of para-hydroxylation sites is 1. The van der Waals surface area contributed by atoms with Gasteiger partial charge in [0, 0.05) is 11.8 Å². The molecule has 1 amide bonds. The molecule has 1 unspecified atom stereocenters. The van der Waals surface area contributed by atoms with E-state index in [1.807, 2.05) is 25.1 Å². The number of benzene rings is 1. The molecule has 0 bridgehead atoms. The van der Waals surface area contributed by atoms with Crippen LogP contribution >= 0.6 is 11.3 Å². The van der Waals surface area contributed by atoms with Crippen molar-refractivity contribution in [1.82, 2.24) is 14.9 Å². The molecular formula is C23H21N3O4S. The van der Waals surface area contributed by atoms with Crippen LogP contribution in [0.15, 0.2) is 60.0 Å². The van der Waals surface area contributed by atoms with E-state index in [0.29, 0.717) is 22.0 Å². The molecule has 2 aromatic heterocycles. The van der Waals surface area contributed by atoms with Gasteiger partial charge < -0.3 is 14.7 Å². The number of ketones is 1. The van der Waals surface area contributed by atoms with Gasteiger partial charge in [0.05, 0.1) is 40.5 Å². The molecule has 0 spiro atoms. The molecule has 7 nitrogen and oxygen atoms in total. The Morgan fingerprint density at radius 1 is 1.19 bits per heavy atom. The number of Topliss-reactive ketones (excluding diaryl/α,β-unsaturated/α-hetero) is 1. The second kappa shape index (κ2) is 8.31. The number of rotatable bonds is 6. The predicted molar refractivity (Wildman–Crippen MR) is 116 cm³/mol. The highest BCUT2D eigenvalue weighted by molar-refractivity contribution is 7.14. The first-order valence-electron chi connectivity index (χ1n) is 9.68. The second-order valence-corrected chi connectivity index (χ2v) is 8.34. The van der Waals surface area contributed by atoms with Crippen molar-refractivity contribution in [3.8, 4) is 5.75 Å². The number of hydrogen-bond acceptors (Lipinski definition) is 7. The summed E-state index contributed by atoms with van der Waals surface area (Å²) in [5.41, 5.74) is 1.84.